The minimum atomic E-state index is -0.901. The van der Waals surface area contributed by atoms with Crippen molar-refractivity contribution >= 4 is 17.8 Å². The van der Waals surface area contributed by atoms with Crippen molar-refractivity contribution in [3.05, 3.63) is 35.9 Å². The van der Waals surface area contributed by atoms with Crippen LogP contribution >= 0.6 is 0 Å². The molecule has 1 N–H and O–H groups in total. The Morgan fingerprint density at radius 3 is 2.28 bits per heavy atom. The van der Waals surface area contributed by atoms with E-state index >= 15 is 0 Å². The average Bonchev–Trinajstić information content (AvgIpc) is 2.61. The number of carboxylic acid groups (broad SMARTS) is 1. The molecule has 1 fully saturated rings. The van der Waals surface area contributed by atoms with Gasteiger partial charge in [0.15, 0.2) is 0 Å². The molecule has 0 unspecified atom stereocenters. The topological polar surface area (TPSA) is 77.9 Å². The predicted molar refractivity (Wildman–Crippen MR) is 94.2 cm³/mol. The quantitative estimate of drug-likeness (QED) is 0.857. The van der Waals surface area contributed by atoms with Crippen molar-refractivity contribution in [2.75, 3.05) is 19.6 Å². The van der Waals surface area contributed by atoms with Crippen LogP contribution in [0.1, 0.15) is 43.5 Å². The second-order valence-electron chi connectivity index (χ2n) is 6.70. The summed E-state index contributed by atoms with van der Waals surface area (Å²) in [5, 5.41) is 8.86. The number of nitrogens with zero attached hydrogens (tertiary/aromatic N) is 2. The number of rotatable bonds is 6. The van der Waals surface area contributed by atoms with Gasteiger partial charge in [0, 0.05) is 37.2 Å². The molecular weight excluding hydrogens is 320 g/mol. The van der Waals surface area contributed by atoms with Crippen molar-refractivity contribution < 1.29 is 19.5 Å². The monoisotopic (exact) mass is 346 g/mol. The number of amides is 2. The largest absolute Gasteiger partial charge is 0.481 e. The van der Waals surface area contributed by atoms with Crippen LogP contribution in [0.5, 0.6) is 0 Å². The molecule has 1 aliphatic heterocycles. The van der Waals surface area contributed by atoms with Gasteiger partial charge < -0.3 is 14.9 Å². The smallest absolute Gasteiger partial charge is 0.305 e. The van der Waals surface area contributed by atoms with Gasteiger partial charge in [-0.2, -0.15) is 0 Å². The highest BCUT2D eigenvalue weighted by Crippen LogP contribution is 2.22. The van der Waals surface area contributed by atoms with E-state index in [0.29, 0.717) is 31.5 Å². The fraction of sp³-hybridized carbons (Fsp3) is 0.526. The number of carboxylic acids is 1. The molecule has 0 aliphatic carbocycles. The first-order valence-electron chi connectivity index (χ1n) is 8.76. The first kappa shape index (κ1) is 19.0. The zero-order valence-corrected chi connectivity index (χ0v) is 14.9. The van der Waals surface area contributed by atoms with Gasteiger partial charge in [0.2, 0.25) is 5.91 Å². The Bertz CT molecular complexity index is 607. The number of carbonyl (C=O) groups excluding carboxylic acids is 2. The van der Waals surface area contributed by atoms with Crippen LogP contribution in [-0.2, 0) is 9.59 Å². The lowest BCUT2D eigenvalue weighted by Gasteiger charge is -2.35. The van der Waals surface area contributed by atoms with Gasteiger partial charge in [-0.25, -0.2) is 0 Å². The Morgan fingerprint density at radius 1 is 1.16 bits per heavy atom. The van der Waals surface area contributed by atoms with Crippen molar-refractivity contribution in [2.45, 2.75) is 39.2 Å². The Labute approximate surface area is 148 Å². The molecule has 0 bridgehead atoms. The molecule has 6 heteroatoms. The third-order valence-electron chi connectivity index (χ3n) is 4.63. The van der Waals surface area contributed by atoms with Crippen molar-refractivity contribution in [1.29, 1.82) is 0 Å². The molecule has 2 amide bonds. The van der Waals surface area contributed by atoms with Crippen LogP contribution in [0, 0.1) is 5.92 Å². The maximum absolute atomic E-state index is 12.7. The first-order chi connectivity index (χ1) is 11.9. The van der Waals surface area contributed by atoms with E-state index in [1.54, 1.807) is 21.9 Å². The number of hydrogen-bond donors (Lipinski definition) is 1. The van der Waals surface area contributed by atoms with Gasteiger partial charge in [0.05, 0.1) is 6.42 Å². The molecule has 136 valence electrons. The van der Waals surface area contributed by atoms with E-state index in [-0.39, 0.29) is 36.7 Å². The van der Waals surface area contributed by atoms with Crippen LogP contribution in [0.4, 0.5) is 0 Å². The summed E-state index contributed by atoms with van der Waals surface area (Å²) in [7, 11) is 0. The van der Waals surface area contributed by atoms with E-state index in [9.17, 15) is 14.4 Å². The number of benzene rings is 1. The van der Waals surface area contributed by atoms with Crippen molar-refractivity contribution in [3.8, 4) is 0 Å². The Hall–Kier alpha value is -2.37. The average molecular weight is 346 g/mol. The van der Waals surface area contributed by atoms with Gasteiger partial charge in [-0.05, 0) is 38.8 Å². The third-order valence-corrected chi connectivity index (χ3v) is 4.63. The van der Waals surface area contributed by atoms with E-state index in [1.165, 1.54) is 0 Å². The van der Waals surface area contributed by atoms with Gasteiger partial charge in [-0.3, -0.25) is 14.4 Å². The molecule has 0 spiro atoms. The zero-order valence-electron chi connectivity index (χ0n) is 14.9. The molecule has 1 heterocycles. The molecule has 0 radical (unpaired) electrons. The third kappa shape index (κ3) is 5.05. The minimum Gasteiger partial charge on any atom is -0.481 e. The second-order valence-corrected chi connectivity index (χ2v) is 6.70. The summed E-state index contributed by atoms with van der Waals surface area (Å²) in [5.41, 5.74) is 0.664. The van der Waals surface area contributed by atoms with Crippen molar-refractivity contribution in [3.63, 3.8) is 0 Å². The van der Waals surface area contributed by atoms with Crippen LogP contribution in [0.2, 0.25) is 0 Å². The molecule has 0 atom stereocenters. The summed E-state index contributed by atoms with van der Waals surface area (Å²) >= 11 is 0. The summed E-state index contributed by atoms with van der Waals surface area (Å²) in [4.78, 5) is 39.4. The fourth-order valence-electron chi connectivity index (χ4n) is 3.17. The lowest BCUT2D eigenvalue weighted by atomic mass is 9.94. The maximum atomic E-state index is 12.7. The standard InChI is InChI=1S/C19H26N2O4/c1-14(2)21(13-10-17(22)23)19(25)16-8-11-20(12-9-16)18(24)15-6-4-3-5-7-15/h3-7,14,16H,8-13H2,1-2H3,(H,22,23). The summed E-state index contributed by atoms with van der Waals surface area (Å²) in [6.45, 7) is 5.13. The normalized spacial score (nSPS) is 15.2. The molecular formula is C19H26N2O4. The Balaban J connectivity index is 1.92. The summed E-state index contributed by atoms with van der Waals surface area (Å²) in [6, 6.07) is 9.12. The number of hydrogen-bond acceptors (Lipinski definition) is 3. The Morgan fingerprint density at radius 2 is 1.76 bits per heavy atom. The van der Waals surface area contributed by atoms with E-state index < -0.39 is 5.97 Å². The number of likely N-dealkylation sites (tertiary alicyclic amines) is 1. The fourth-order valence-corrected chi connectivity index (χ4v) is 3.17. The summed E-state index contributed by atoms with van der Waals surface area (Å²) in [5.74, 6) is -1.04. The van der Waals surface area contributed by atoms with E-state index in [1.807, 2.05) is 32.0 Å². The number of piperidine rings is 1. The number of carbonyl (C=O) groups is 3. The SMILES string of the molecule is CC(C)N(CCC(=O)O)C(=O)C1CCN(C(=O)c2ccccc2)CC1. The minimum absolute atomic E-state index is 0.00177. The van der Waals surface area contributed by atoms with Crippen LogP contribution in [0.25, 0.3) is 0 Å². The van der Waals surface area contributed by atoms with E-state index in [2.05, 4.69) is 0 Å². The van der Waals surface area contributed by atoms with Gasteiger partial charge in [-0.1, -0.05) is 18.2 Å². The Kier molecular flexibility index (Phi) is 6.56. The van der Waals surface area contributed by atoms with Gasteiger partial charge in [0.25, 0.3) is 5.91 Å². The zero-order chi connectivity index (χ0) is 18.4. The summed E-state index contributed by atoms with van der Waals surface area (Å²) in [6.07, 6.45) is 1.19. The lowest BCUT2D eigenvalue weighted by molar-refractivity contribution is -0.141. The molecule has 1 aliphatic rings. The molecule has 0 aromatic heterocycles. The van der Waals surface area contributed by atoms with E-state index in [0.717, 1.165) is 0 Å². The highest BCUT2D eigenvalue weighted by molar-refractivity contribution is 5.94. The molecule has 6 nitrogen and oxygen atoms in total. The van der Waals surface area contributed by atoms with E-state index in [4.69, 9.17) is 5.11 Å². The predicted octanol–water partition coefficient (Wildman–Crippen LogP) is 2.25. The van der Waals surface area contributed by atoms with Crippen LogP contribution < -0.4 is 0 Å². The lowest BCUT2D eigenvalue weighted by Crippen LogP contribution is -2.47. The van der Waals surface area contributed by atoms with Crippen LogP contribution in [0.15, 0.2) is 30.3 Å². The maximum Gasteiger partial charge on any atom is 0.305 e. The van der Waals surface area contributed by atoms with Crippen molar-refractivity contribution in [1.82, 2.24) is 9.80 Å². The molecule has 1 saturated heterocycles. The van der Waals surface area contributed by atoms with Crippen molar-refractivity contribution in [2.24, 2.45) is 5.92 Å². The highest BCUT2D eigenvalue weighted by atomic mass is 16.4. The van der Waals surface area contributed by atoms with Gasteiger partial charge >= 0.3 is 5.97 Å². The summed E-state index contributed by atoms with van der Waals surface area (Å²) < 4.78 is 0. The molecule has 2 rings (SSSR count). The molecule has 1 aromatic carbocycles. The molecule has 1 aromatic rings. The van der Waals surface area contributed by atoms with Gasteiger partial charge in [0.1, 0.15) is 0 Å². The van der Waals surface area contributed by atoms with Crippen LogP contribution in [-0.4, -0.2) is 58.4 Å². The molecule has 0 saturated carbocycles. The van der Waals surface area contributed by atoms with Gasteiger partial charge in [-0.15, -0.1) is 0 Å². The highest BCUT2D eigenvalue weighted by Gasteiger charge is 2.31. The first-order valence-corrected chi connectivity index (χ1v) is 8.76. The number of aliphatic carboxylic acids is 1. The van der Waals surface area contributed by atoms with Crippen LogP contribution in [0.3, 0.4) is 0 Å². The molecule has 25 heavy (non-hydrogen) atoms. The second kappa shape index (κ2) is 8.65.